The maximum atomic E-state index is 11.9. The lowest BCUT2D eigenvalue weighted by Gasteiger charge is -2.50. The van der Waals surface area contributed by atoms with Crippen molar-refractivity contribution < 1.29 is 38.1 Å². The van der Waals surface area contributed by atoms with Crippen LogP contribution in [0, 0.1) is 17.3 Å². The lowest BCUT2D eigenvalue weighted by atomic mass is 9.55. The molecule has 3 aliphatic rings. The Morgan fingerprint density at radius 3 is 2.18 bits per heavy atom. The van der Waals surface area contributed by atoms with E-state index in [1.165, 1.54) is 27.7 Å². The van der Waals surface area contributed by atoms with E-state index >= 15 is 0 Å². The van der Waals surface area contributed by atoms with Gasteiger partial charge < -0.3 is 18.9 Å². The molecule has 0 aromatic heterocycles. The minimum Gasteiger partial charge on any atom is -0.459 e. The highest BCUT2D eigenvalue weighted by atomic mass is 16.6. The van der Waals surface area contributed by atoms with Crippen molar-refractivity contribution in [1.29, 1.82) is 0 Å². The maximum Gasteiger partial charge on any atom is 0.308 e. The van der Waals surface area contributed by atoms with Crippen molar-refractivity contribution in [3.63, 3.8) is 0 Å². The van der Waals surface area contributed by atoms with Crippen molar-refractivity contribution in [2.75, 3.05) is 0 Å². The van der Waals surface area contributed by atoms with E-state index in [-0.39, 0.29) is 35.1 Å². The van der Waals surface area contributed by atoms with Gasteiger partial charge in [0.15, 0.2) is 0 Å². The molecule has 0 N–H and O–H groups in total. The van der Waals surface area contributed by atoms with Gasteiger partial charge in [-0.2, -0.15) is 0 Å². The van der Waals surface area contributed by atoms with E-state index in [1.807, 2.05) is 6.07 Å². The van der Waals surface area contributed by atoms with Crippen LogP contribution < -0.4 is 9.47 Å². The summed E-state index contributed by atoms with van der Waals surface area (Å²) in [6.07, 6.45) is 2.88. The van der Waals surface area contributed by atoms with E-state index in [0.717, 1.165) is 36.8 Å². The molecule has 0 amide bonds. The van der Waals surface area contributed by atoms with Crippen LogP contribution in [0.25, 0.3) is 0 Å². The molecule has 1 aromatic rings. The highest BCUT2D eigenvalue weighted by Crippen LogP contribution is 2.63. The molecule has 0 spiro atoms. The van der Waals surface area contributed by atoms with Crippen LogP contribution in [0.5, 0.6) is 11.5 Å². The summed E-state index contributed by atoms with van der Waals surface area (Å²) in [5.41, 5.74) is 1.69. The van der Waals surface area contributed by atoms with Gasteiger partial charge >= 0.3 is 23.9 Å². The van der Waals surface area contributed by atoms with E-state index in [9.17, 15) is 19.2 Å². The van der Waals surface area contributed by atoms with E-state index in [2.05, 4.69) is 6.92 Å². The number of carbonyl (C=O) groups excluding carboxylic acids is 4. The highest BCUT2D eigenvalue weighted by Gasteiger charge is 2.61. The third-order valence-corrected chi connectivity index (χ3v) is 7.79. The lowest BCUT2D eigenvalue weighted by Crippen LogP contribution is -2.46. The summed E-state index contributed by atoms with van der Waals surface area (Å²) in [6.45, 7) is 7.59. The molecule has 0 heterocycles. The van der Waals surface area contributed by atoms with Gasteiger partial charge in [0.05, 0.1) is 0 Å². The Labute approximate surface area is 199 Å². The molecule has 2 fully saturated rings. The maximum absolute atomic E-state index is 11.9. The summed E-state index contributed by atoms with van der Waals surface area (Å²) < 4.78 is 22.3. The minimum atomic E-state index is -0.486. The summed E-state index contributed by atoms with van der Waals surface area (Å²) in [4.78, 5) is 47.1. The van der Waals surface area contributed by atoms with Crippen molar-refractivity contribution in [3.05, 3.63) is 23.3 Å². The predicted octanol–water partition coefficient (Wildman–Crippen LogP) is 3.87. The van der Waals surface area contributed by atoms with E-state index < -0.39 is 24.1 Å². The normalized spacial score (nSPS) is 31.4. The molecular weight excluding hydrogens is 440 g/mol. The van der Waals surface area contributed by atoms with E-state index in [1.54, 1.807) is 6.07 Å². The number of esters is 4. The number of aryl methyl sites for hydroxylation is 1. The first-order valence-corrected chi connectivity index (χ1v) is 11.9. The zero-order valence-corrected chi connectivity index (χ0v) is 20.3. The number of hydrogen-bond donors (Lipinski definition) is 0. The molecule has 0 bridgehead atoms. The third kappa shape index (κ3) is 4.42. The molecule has 184 valence electrons. The van der Waals surface area contributed by atoms with Crippen molar-refractivity contribution in [2.45, 2.75) is 84.8 Å². The minimum absolute atomic E-state index is 0.136. The van der Waals surface area contributed by atoms with Crippen LogP contribution in [0.15, 0.2) is 12.1 Å². The second-order valence-corrected chi connectivity index (χ2v) is 10.1. The lowest BCUT2D eigenvalue weighted by molar-refractivity contribution is -0.171. The number of rotatable bonds is 4. The van der Waals surface area contributed by atoms with Crippen molar-refractivity contribution in [1.82, 2.24) is 0 Å². The predicted molar refractivity (Wildman–Crippen MR) is 120 cm³/mol. The van der Waals surface area contributed by atoms with Crippen LogP contribution in [-0.2, 0) is 35.1 Å². The molecule has 6 atom stereocenters. The van der Waals surface area contributed by atoms with Gasteiger partial charge in [-0.3, -0.25) is 19.2 Å². The van der Waals surface area contributed by atoms with E-state index in [4.69, 9.17) is 18.9 Å². The number of benzene rings is 1. The standard InChI is InChI=1S/C26H32O8/c1-13(27)31-18-10-17-6-7-19-20(24(17)22(11-18)32-14(2)28)8-9-26(5)21(19)12-23(33-15(3)29)25(26)34-16(4)30/h10-11,19-21,23,25H,6-9,12H2,1-5H3/t19-,20-,21-,23+,25-,26-/m0/s1. The van der Waals surface area contributed by atoms with E-state index in [0.29, 0.717) is 17.9 Å². The Morgan fingerprint density at radius 1 is 0.882 bits per heavy atom. The zero-order chi connectivity index (χ0) is 24.8. The Balaban J connectivity index is 1.72. The fourth-order valence-corrected chi connectivity index (χ4v) is 6.77. The largest absolute Gasteiger partial charge is 0.459 e. The fourth-order valence-electron chi connectivity index (χ4n) is 6.77. The molecule has 8 nitrogen and oxygen atoms in total. The summed E-state index contributed by atoms with van der Waals surface area (Å²) in [7, 11) is 0. The highest BCUT2D eigenvalue weighted by molar-refractivity contribution is 5.72. The Morgan fingerprint density at radius 2 is 1.56 bits per heavy atom. The van der Waals surface area contributed by atoms with Crippen molar-refractivity contribution >= 4 is 23.9 Å². The third-order valence-electron chi connectivity index (χ3n) is 7.79. The first-order valence-electron chi connectivity index (χ1n) is 11.9. The van der Waals surface area contributed by atoms with Crippen molar-refractivity contribution in [3.8, 4) is 11.5 Å². The van der Waals surface area contributed by atoms with Crippen LogP contribution in [0.1, 0.15) is 77.3 Å². The number of ether oxygens (including phenoxy) is 4. The number of fused-ring (bicyclic) bond motifs is 5. The summed E-state index contributed by atoms with van der Waals surface area (Å²) in [5, 5.41) is 0. The first-order chi connectivity index (χ1) is 16.0. The number of carbonyl (C=O) groups is 4. The van der Waals surface area contributed by atoms with Crippen molar-refractivity contribution in [2.24, 2.45) is 17.3 Å². The molecule has 3 aliphatic carbocycles. The molecule has 1 aromatic carbocycles. The molecule has 0 radical (unpaired) electrons. The van der Waals surface area contributed by atoms with Gasteiger partial charge in [-0.25, -0.2) is 0 Å². The molecular formula is C26H32O8. The summed E-state index contributed by atoms with van der Waals surface area (Å²) >= 11 is 0. The molecule has 0 aliphatic heterocycles. The molecule has 4 rings (SSSR count). The fraction of sp³-hybridized carbons (Fsp3) is 0.615. The Bertz CT molecular complexity index is 1030. The molecule has 2 saturated carbocycles. The smallest absolute Gasteiger partial charge is 0.308 e. The Kier molecular flexibility index (Phi) is 6.44. The van der Waals surface area contributed by atoms with Gasteiger partial charge in [0.2, 0.25) is 0 Å². The first kappa shape index (κ1) is 24.2. The monoisotopic (exact) mass is 472 g/mol. The van der Waals surface area contributed by atoms with Crippen LogP contribution >= 0.6 is 0 Å². The molecule has 8 heteroatoms. The second kappa shape index (κ2) is 9.04. The average molecular weight is 473 g/mol. The SMILES string of the molecule is CC(=O)Oc1cc2c(c(OC(C)=O)c1)[C@H]1CC[C@@]3(C)[C@@H](C[C@@H](OC(C)=O)[C@@H]3OC(C)=O)[C@H]1CC2. The molecule has 0 saturated heterocycles. The van der Waals surface area contributed by atoms with Crippen LogP contribution in [0.4, 0.5) is 0 Å². The van der Waals surface area contributed by atoms with Crippen LogP contribution in [0.2, 0.25) is 0 Å². The van der Waals surface area contributed by atoms with Gasteiger partial charge in [-0.15, -0.1) is 0 Å². The average Bonchev–Trinajstić information content (AvgIpc) is 2.97. The van der Waals surface area contributed by atoms with Crippen LogP contribution in [-0.4, -0.2) is 36.1 Å². The van der Waals surface area contributed by atoms with Gasteiger partial charge in [0.25, 0.3) is 0 Å². The van der Waals surface area contributed by atoms with Gasteiger partial charge in [-0.05, 0) is 61.5 Å². The van der Waals surface area contributed by atoms with Gasteiger partial charge in [0.1, 0.15) is 23.7 Å². The molecule has 0 unspecified atom stereocenters. The van der Waals surface area contributed by atoms with Gasteiger partial charge in [-0.1, -0.05) is 6.92 Å². The number of hydrogen-bond acceptors (Lipinski definition) is 8. The topological polar surface area (TPSA) is 105 Å². The zero-order valence-electron chi connectivity index (χ0n) is 20.3. The Hall–Kier alpha value is -2.90. The summed E-state index contributed by atoms with van der Waals surface area (Å²) in [6, 6.07) is 3.49. The van der Waals surface area contributed by atoms with Crippen LogP contribution in [0.3, 0.4) is 0 Å². The molecule has 34 heavy (non-hydrogen) atoms. The quantitative estimate of drug-likeness (QED) is 0.480. The van der Waals surface area contributed by atoms with Gasteiger partial charge in [0, 0.05) is 44.7 Å². The summed E-state index contributed by atoms with van der Waals surface area (Å²) in [5.74, 6) is -0.273. The second-order valence-electron chi connectivity index (χ2n) is 10.1.